The van der Waals surface area contributed by atoms with Crippen LogP contribution in [0.1, 0.15) is 13.8 Å². The monoisotopic (exact) mass is 240 g/mol. The number of thiocarbonyl (C=S) groups is 1. The molecule has 1 aromatic carbocycles. The number of anilines is 1. The van der Waals surface area contributed by atoms with Gasteiger partial charge in [-0.3, -0.25) is 0 Å². The van der Waals surface area contributed by atoms with E-state index in [1.165, 1.54) is 0 Å². The first-order chi connectivity index (χ1) is 7.69. The van der Waals surface area contributed by atoms with Gasteiger partial charge in [-0.15, -0.1) is 0 Å². The molecule has 0 aliphatic carbocycles. The van der Waals surface area contributed by atoms with Gasteiger partial charge in [0.2, 0.25) is 0 Å². The third-order valence-corrected chi connectivity index (χ3v) is 1.94. The first kappa shape index (κ1) is 12.6. The standard InChI is InChI=1S/C11H16N2O2S/c1-3-14-8-6-5-7-9(15-4-2)10(8)13-11(12)16/h5-7H,3-4H2,1-2H3,(H3,12,13,16). The zero-order chi connectivity index (χ0) is 12.0. The van der Waals surface area contributed by atoms with E-state index >= 15 is 0 Å². The third-order valence-electron chi connectivity index (χ3n) is 1.84. The van der Waals surface area contributed by atoms with Crippen LogP contribution in [0.25, 0.3) is 0 Å². The third kappa shape index (κ3) is 3.27. The Morgan fingerprint density at radius 3 is 2.12 bits per heavy atom. The summed E-state index contributed by atoms with van der Waals surface area (Å²) in [5.74, 6) is 1.36. The van der Waals surface area contributed by atoms with Crippen molar-refractivity contribution in [1.82, 2.24) is 0 Å². The van der Waals surface area contributed by atoms with Crippen molar-refractivity contribution < 1.29 is 9.47 Å². The number of ether oxygens (including phenoxy) is 2. The maximum absolute atomic E-state index is 5.47. The van der Waals surface area contributed by atoms with Crippen molar-refractivity contribution in [3.05, 3.63) is 18.2 Å². The second-order valence-electron chi connectivity index (χ2n) is 2.98. The first-order valence-electron chi connectivity index (χ1n) is 5.14. The predicted molar refractivity (Wildman–Crippen MR) is 69.2 cm³/mol. The van der Waals surface area contributed by atoms with Crippen molar-refractivity contribution in [2.45, 2.75) is 13.8 Å². The minimum atomic E-state index is 0.188. The highest BCUT2D eigenvalue weighted by atomic mass is 32.1. The molecular formula is C11H16N2O2S. The molecule has 88 valence electrons. The highest BCUT2D eigenvalue weighted by Gasteiger charge is 2.10. The normalized spacial score (nSPS) is 9.62. The van der Waals surface area contributed by atoms with Gasteiger partial charge < -0.3 is 20.5 Å². The summed E-state index contributed by atoms with van der Waals surface area (Å²) in [7, 11) is 0. The van der Waals surface area contributed by atoms with Crippen molar-refractivity contribution in [1.29, 1.82) is 0 Å². The van der Waals surface area contributed by atoms with Gasteiger partial charge in [0, 0.05) is 0 Å². The van der Waals surface area contributed by atoms with E-state index in [4.69, 9.17) is 27.4 Å². The van der Waals surface area contributed by atoms with E-state index in [0.29, 0.717) is 30.4 Å². The molecule has 1 aromatic rings. The van der Waals surface area contributed by atoms with Gasteiger partial charge in [-0.25, -0.2) is 0 Å². The van der Waals surface area contributed by atoms with E-state index < -0.39 is 0 Å². The molecule has 3 N–H and O–H groups in total. The van der Waals surface area contributed by atoms with Crippen LogP contribution in [0.4, 0.5) is 5.69 Å². The summed E-state index contributed by atoms with van der Waals surface area (Å²) in [6.07, 6.45) is 0. The van der Waals surface area contributed by atoms with Crippen LogP contribution in [0.3, 0.4) is 0 Å². The molecular weight excluding hydrogens is 224 g/mol. The zero-order valence-corrected chi connectivity index (χ0v) is 10.3. The number of rotatable bonds is 5. The Hall–Kier alpha value is -1.49. The number of hydrogen-bond donors (Lipinski definition) is 2. The van der Waals surface area contributed by atoms with Gasteiger partial charge in [-0.2, -0.15) is 0 Å². The summed E-state index contributed by atoms with van der Waals surface area (Å²) in [6.45, 7) is 4.97. The van der Waals surface area contributed by atoms with Crippen LogP contribution in [0.2, 0.25) is 0 Å². The second-order valence-corrected chi connectivity index (χ2v) is 3.42. The second kappa shape index (κ2) is 6.17. The van der Waals surface area contributed by atoms with Crippen molar-refractivity contribution >= 4 is 23.0 Å². The fourth-order valence-electron chi connectivity index (χ4n) is 1.31. The Labute approximate surface area is 101 Å². The molecule has 0 atom stereocenters. The van der Waals surface area contributed by atoms with E-state index in [-0.39, 0.29) is 5.11 Å². The minimum Gasteiger partial charge on any atom is -0.492 e. The van der Waals surface area contributed by atoms with Gasteiger partial charge in [0.05, 0.1) is 13.2 Å². The van der Waals surface area contributed by atoms with Crippen LogP contribution in [-0.2, 0) is 0 Å². The van der Waals surface area contributed by atoms with Crippen molar-refractivity contribution in [2.75, 3.05) is 18.5 Å². The number of nitrogens with one attached hydrogen (secondary N) is 1. The van der Waals surface area contributed by atoms with Crippen LogP contribution in [-0.4, -0.2) is 18.3 Å². The number of hydrogen-bond acceptors (Lipinski definition) is 3. The van der Waals surface area contributed by atoms with Gasteiger partial charge in [-0.1, -0.05) is 6.07 Å². The molecule has 0 aromatic heterocycles. The lowest BCUT2D eigenvalue weighted by atomic mass is 10.2. The molecule has 0 fully saturated rings. The average molecular weight is 240 g/mol. The Morgan fingerprint density at radius 2 is 1.75 bits per heavy atom. The molecule has 16 heavy (non-hydrogen) atoms. The summed E-state index contributed by atoms with van der Waals surface area (Å²) in [5, 5.41) is 3.06. The van der Waals surface area contributed by atoms with Crippen molar-refractivity contribution in [2.24, 2.45) is 5.73 Å². The van der Waals surface area contributed by atoms with E-state index in [1.54, 1.807) is 0 Å². The maximum atomic E-state index is 5.47. The minimum absolute atomic E-state index is 0.188. The van der Waals surface area contributed by atoms with Gasteiger partial charge in [0.15, 0.2) is 5.11 Å². The van der Waals surface area contributed by atoms with Crippen LogP contribution >= 0.6 is 12.2 Å². The number of nitrogens with two attached hydrogens (primary N) is 1. The van der Waals surface area contributed by atoms with Gasteiger partial charge in [0.25, 0.3) is 0 Å². The lowest BCUT2D eigenvalue weighted by molar-refractivity contribution is 0.326. The van der Waals surface area contributed by atoms with Gasteiger partial charge in [-0.05, 0) is 38.2 Å². The average Bonchev–Trinajstić information content (AvgIpc) is 2.23. The summed E-state index contributed by atoms with van der Waals surface area (Å²) in [4.78, 5) is 0. The van der Waals surface area contributed by atoms with Gasteiger partial charge in [0.1, 0.15) is 17.2 Å². The largest absolute Gasteiger partial charge is 0.492 e. The Bertz CT molecular complexity index is 345. The summed E-state index contributed by atoms with van der Waals surface area (Å²) >= 11 is 4.82. The van der Waals surface area contributed by atoms with Crippen molar-refractivity contribution in [3.8, 4) is 11.5 Å². The van der Waals surface area contributed by atoms with Crippen LogP contribution in [0.5, 0.6) is 11.5 Å². The zero-order valence-electron chi connectivity index (χ0n) is 9.45. The molecule has 4 nitrogen and oxygen atoms in total. The van der Waals surface area contributed by atoms with Crippen LogP contribution in [0, 0.1) is 0 Å². The molecule has 0 amide bonds. The Morgan fingerprint density at radius 1 is 1.25 bits per heavy atom. The molecule has 0 unspecified atom stereocenters. The lowest BCUT2D eigenvalue weighted by Gasteiger charge is -2.15. The molecule has 0 aliphatic rings. The molecule has 0 radical (unpaired) electrons. The van der Waals surface area contributed by atoms with Crippen LogP contribution < -0.4 is 20.5 Å². The highest BCUT2D eigenvalue weighted by molar-refractivity contribution is 7.80. The smallest absolute Gasteiger partial charge is 0.168 e. The number of para-hydroxylation sites is 1. The predicted octanol–water partition coefficient (Wildman–Crippen LogP) is 2.14. The van der Waals surface area contributed by atoms with Crippen LogP contribution in [0.15, 0.2) is 18.2 Å². The topological polar surface area (TPSA) is 56.5 Å². The van der Waals surface area contributed by atoms with Gasteiger partial charge >= 0.3 is 0 Å². The maximum Gasteiger partial charge on any atom is 0.168 e. The Balaban J connectivity index is 3.06. The quantitative estimate of drug-likeness (QED) is 0.772. The fraction of sp³-hybridized carbons (Fsp3) is 0.364. The molecule has 0 aliphatic heterocycles. The lowest BCUT2D eigenvalue weighted by Crippen LogP contribution is -2.20. The summed E-state index contributed by atoms with van der Waals surface area (Å²) < 4.78 is 10.9. The molecule has 0 saturated heterocycles. The molecule has 0 saturated carbocycles. The summed E-state index contributed by atoms with van der Waals surface area (Å²) in [5.41, 5.74) is 6.14. The van der Waals surface area contributed by atoms with E-state index in [2.05, 4.69) is 5.32 Å². The summed E-state index contributed by atoms with van der Waals surface area (Å²) in [6, 6.07) is 5.54. The molecule has 1 rings (SSSR count). The molecule has 0 spiro atoms. The highest BCUT2D eigenvalue weighted by Crippen LogP contribution is 2.34. The fourth-order valence-corrected chi connectivity index (χ4v) is 1.41. The molecule has 5 heteroatoms. The van der Waals surface area contributed by atoms with E-state index in [0.717, 1.165) is 0 Å². The number of benzene rings is 1. The van der Waals surface area contributed by atoms with E-state index in [1.807, 2.05) is 32.0 Å². The van der Waals surface area contributed by atoms with E-state index in [9.17, 15) is 0 Å². The SMILES string of the molecule is CCOc1cccc(OCC)c1NC(N)=S. The Kier molecular flexibility index (Phi) is 4.85. The van der Waals surface area contributed by atoms with Crippen molar-refractivity contribution in [3.63, 3.8) is 0 Å². The first-order valence-corrected chi connectivity index (χ1v) is 5.54. The molecule has 0 heterocycles. The molecule has 0 bridgehead atoms.